The van der Waals surface area contributed by atoms with Crippen LogP contribution >= 0.6 is 12.2 Å². The van der Waals surface area contributed by atoms with Gasteiger partial charge in [0.15, 0.2) is 4.77 Å². The number of aromatic hydroxyl groups is 1. The lowest BCUT2D eigenvalue weighted by molar-refractivity contribution is 0.210. The number of aromatic nitrogens is 2. The van der Waals surface area contributed by atoms with Crippen molar-refractivity contribution in [3.05, 3.63) is 45.9 Å². The van der Waals surface area contributed by atoms with E-state index in [9.17, 15) is 9.90 Å². The number of primary amides is 1. The number of phenols is 1. The van der Waals surface area contributed by atoms with E-state index in [0.29, 0.717) is 21.6 Å². The summed E-state index contributed by atoms with van der Waals surface area (Å²) in [6.45, 7) is 7.57. The van der Waals surface area contributed by atoms with Crippen LogP contribution in [0.5, 0.6) is 17.2 Å². The molecule has 176 valence electrons. The Morgan fingerprint density at radius 2 is 1.91 bits per heavy atom. The van der Waals surface area contributed by atoms with Crippen LogP contribution in [0.1, 0.15) is 36.5 Å². The minimum atomic E-state index is -0.925. The third-order valence-corrected chi connectivity index (χ3v) is 5.97. The van der Waals surface area contributed by atoms with Crippen molar-refractivity contribution in [1.29, 1.82) is 0 Å². The van der Waals surface area contributed by atoms with Crippen LogP contribution in [0, 0.1) is 18.6 Å². The first-order valence-electron chi connectivity index (χ1n) is 10.5. The smallest absolute Gasteiger partial charge is 0.409 e. The first-order valence-corrected chi connectivity index (χ1v) is 10.9. The van der Waals surface area contributed by atoms with E-state index in [2.05, 4.69) is 4.98 Å². The molecular formula is C24H30N4O4S. The molecule has 0 aliphatic carbocycles. The molecule has 0 aliphatic heterocycles. The minimum Gasteiger partial charge on any atom is -0.507 e. The predicted octanol–water partition coefficient (Wildman–Crippen LogP) is 5.18. The molecular weight excluding hydrogens is 440 g/mol. The molecule has 0 saturated heterocycles. The SMILES string of the molecule is COc1ccc(-n2c(-c3c(C)c(C(C)C)c(OC(N)=O)c(C)c3O)c[nH]c2=S)cc1N(C)C. The highest BCUT2D eigenvalue weighted by molar-refractivity contribution is 7.71. The number of nitrogens with two attached hydrogens (primary N) is 1. The largest absolute Gasteiger partial charge is 0.507 e. The number of aromatic amines is 1. The van der Waals surface area contributed by atoms with Crippen molar-refractivity contribution in [2.75, 3.05) is 26.1 Å². The van der Waals surface area contributed by atoms with Crippen LogP contribution in [0.3, 0.4) is 0 Å². The van der Waals surface area contributed by atoms with Gasteiger partial charge in [0.2, 0.25) is 0 Å². The van der Waals surface area contributed by atoms with E-state index in [1.54, 1.807) is 20.2 Å². The Hall–Kier alpha value is -3.46. The fourth-order valence-electron chi connectivity index (χ4n) is 4.20. The van der Waals surface area contributed by atoms with Crippen molar-refractivity contribution in [1.82, 2.24) is 9.55 Å². The number of benzene rings is 2. The number of amides is 1. The Labute approximate surface area is 198 Å². The number of H-pyrrole nitrogens is 1. The lowest BCUT2D eigenvalue weighted by atomic mass is 9.88. The fourth-order valence-corrected chi connectivity index (χ4v) is 4.46. The number of rotatable bonds is 6. The molecule has 2 aromatic carbocycles. The van der Waals surface area contributed by atoms with Gasteiger partial charge in [-0.05, 0) is 55.7 Å². The summed E-state index contributed by atoms with van der Waals surface area (Å²) in [6, 6.07) is 5.76. The molecule has 0 saturated carbocycles. The summed E-state index contributed by atoms with van der Waals surface area (Å²) >= 11 is 5.61. The Morgan fingerprint density at radius 3 is 2.45 bits per heavy atom. The lowest BCUT2D eigenvalue weighted by Crippen LogP contribution is -2.19. The zero-order valence-electron chi connectivity index (χ0n) is 19.9. The van der Waals surface area contributed by atoms with E-state index in [-0.39, 0.29) is 17.4 Å². The van der Waals surface area contributed by atoms with Crippen molar-refractivity contribution in [3.63, 3.8) is 0 Å². The molecule has 9 heteroatoms. The molecule has 0 atom stereocenters. The molecule has 0 aliphatic rings. The standard InChI is InChI=1S/C24H30N4O4S/c1-12(2)19-13(3)20(21(29)14(4)22(19)32-23(25)30)17-11-26-24(33)28(17)15-8-9-18(31-7)16(10-15)27(5)6/h8-12,29H,1-7H3,(H2,25,30)(H,26,33). The Balaban J connectivity index is 2.35. The molecule has 0 spiro atoms. The number of methoxy groups -OCH3 is 1. The van der Waals surface area contributed by atoms with Crippen molar-refractivity contribution in [2.45, 2.75) is 33.6 Å². The molecule has 0 bridgehead atoms. The van der Waals surface area contributed by atoms with Crippen LogP contribution in [0.4, 0.5) is 10.5 Å². The summed E-state index contributed by atoms with van der Waals surface area (Å²) in [7, 11) is 5.50. The van der Waals surface area contributed by atoms with Gasteiger partial charge in [0.05, 0.1) is 24.2 Å². The van der Waals surface area contributed by atoms with Gasteiger partial charge in [0, 0.05) is 37.0 Å². The number of hydrogen-bond donors (Lipinski definition) is 3. The predicted molar refractivity (Wildman–Crippen MR) is 133 cm³/mol. The average molecular weight is 471 g/mol. The summed E-state index contributed by atoms with van der Waals surface area (Å²) in [4.78, 5) is 16.6. The summed E-state index contributed by atoms with van der Waals surface area (Å²) in [5, 5.41) is 11.2. The first-order chi connectivity index (χ1) is 15.5. The fraction of sp³-hybridized carbons (Fsp3) is 0.333. The second kappa shape index (κ2) is 9.19. The number of imidazole rings is 1. The molecule has 0 fully saturated rings. The van der Waals surface area contributed by atoms with Gasteiger partial charge in [0.1, 0.15) is 17.2 Å². The van der Waals surface area contributed by atoms with Gasteiger partial charge in [-0.3, -0.25) is 4.57 Å². The first kappa shape index (κ1) is 24.2. The van der Waals surface area contributed by atoms with Gasteiger partial charge in [0.25, 0.3) is 0 Å². The summed E-state index contributed by atoms with van der Waals surface area (Å²) in [5.41, 5.74) is 10.3. The van der Waals surface area contributed by atoms with E-state index in [0.717, 1.165) is 28.3 Å². The zero-order chi connectivity index (χ0) is 24.6. The normalized spacial score (nSPS) is 11.0. The molecule has 3 aromatic rings. The van der Waals surface area contributed by atoms with Crippen molar-refractivity contribution < 1.29 is 19.4 Å². The number of nitrogens with zero attached hydrogens (tertiary/aromatic N) is 2. The third-order valence-electron chi connectivity index (χ3n) is 5.67. The van der Waals surface area contributed by atoms with Gasteiger partial charge >= 0.3 is 6.09 Å². The second-order valence-electron chi connectivity index (χ2n) is 8.36. The zero-order valence-corrected chi connectivity index (χ0v) is 20.8. The van der Waals surface area contributed by atoms with Crippen molar-refractivity contribution >= 4 is 24.0 Å². The molecule has 4 N–H and O–H groups in total. The molecule has 1 aromatic heterocycles. The van der Waals surface area contributed by atoms with Crippen LogP contribution in [0.25, 0.3) is 16.9 Å². The Bertz CT molecular complexity index is 1270. The summed E-state index contributed by atoms with van der Waals surface area (Å²) < 4.78 is 13.1. The van der Waals surface area contributed by atoms with E-state index >= 15 is 0 Å². The van der Waals surface area contributed by atoms with E-state index < -0.39 is 6.09 Å². The maximum absolute atomic E-state index is 11.5. The number of phenolic OH excluding ortho intramolecular Hbond substituents is 1. The number of hydrogen-bond acceptors (Lipinski definition) is 6. The highest BCUT2D eigenvalue weighted by atomic mass is 32.1. The van der Waals surface area contributed by atoms with Gasteiger partial charge in [-0.15, -0.1) is 0 Å². The van der Waals surface area contributed by atoms with Gasteiger partial charge in [-0.2, -0.15) is 0 Å². The number of carbonyl (C=O) groups excluding carboxylic acids is 1. The molecule has 1 amide bonds. The number of anilines is 1. The minimum absolute atomic E-state index is 0.00255. The second-order valence-corrected chi connectivity index (χ2v) is 8.74. The maximum atomic E-state index is 11.5. The molecule has 3 rings (SSSR count). The number of carbonyl (C=O) groups is 1. The van der Waals surface area contributed by atoms with E-state index in [1.165, 1.54) is 0 Å². The van der Waals surface area contributed by atoms with E-state index in [4.69, 9.17) is 27.4 Å². The third kappa shape index (κ3) is 4.28. The van der Waals surface area contributed by atoms with Gasteiger partial charge < -0.3 is 30.2 Å². The Kier molecular flexibility index (Phi) is 6.73. The monoisotopic (exact) mass is 470 g/mol. The summed E-state index contributed by atoms with van der Waals surface area (Å²) in [6.07, 6.45) is 0.841. The number of ether oxygens (including phenoxy) is 2. The highest BCUT2D eigenvalue weighted by Crippen LogP contribution is 2.46. The quantitative estimate of drug-likeness (QED) is 0.429. The van der Waals surface area contributed by atoms with Gasteiger partial charge in [-0.25, -0.2) is 4.79 Å². The topological polar surface area (TPSA) is 106 Å². The van der Waals surface area contributed by atoms with Crippen molar-refractivity contribution in [3.8, 4) is 34.2 Å². The Morgan fingerprint density at radius 1 is 1.24 bits per heavy atom. The number of nitrogens with one attached hydrogen (secondary N) is 1. The molecule has 33 heavy (non-hydrogen) atoms. The van der Waals surface area contributed by atoms with Crippen molar-refractivity contribution in [2.24, 2.45) is 5.73 Å². The average Bonchev–Trinajstić information content (AvgIpc) is 3.11. The maximum Gasteiger partial charge on any atom is 0.409 e. The molecule has 0 unspecified atom stereocenters. The van der Waals surface area contributed by atoms with Crippen LogP contribution < -0.4 is 20.1 Å². The molecule has 1 heterocycles. The van der Waals surface area contributed by atoms with Crippen LogP contribution in [0.15, 0.2) is 24.4 Å². The highest BCUT2D eigenvalue weighted by Gasteiger charge is 2.26. The molecule has 8 nitrogen and oxygen atoms in total. The van der Waals surface area contributed by atoms with Gasteiger partial charge in [-0.1, -0.05) is 13.8 Å². The van der Waals surface area contributed by atoms with E-state index in [1.807, 2.05) is 62.5 Å². The van der Waals surface area contributed by atoms with Crippen LogP contribution in [-0.2, 0) is 0 Å². The summed E-state index contributed by atoms with van der Waals surface area (Å²) in [5.74, 6) is 1.03. The molecule has 0 radical (unpaired) electrons. The lowest BCUT2D eigenvalue weighted by Gasteiger charge is -2.23. The van der Waals surface area contributed by atoms with Crippen LogP contribution in [-0.4, -0.2) is 42.0 Å². The van der Waals surface area contributed by atoms with Crippen LogP contribution in [0.2, 0.25) is 0 Å².